The predicted octanol–water partition coefficient (Wildman–Crippen LogP) is 2.22. The summed E-state index contributed by atoms with van der Waals surface area (Å²) in [5.74, 6) is 1.40. The molecule has 0 spiro atoms. The van der Waals surface area contributed by atoms with Crippen LogP contribution in [-0.2, 0) is 0 Å². The second kappa shape index (κ2) is 5.22. The first-order valence-corrected chi connectivity index (χ1v) is 5.07. The molecule has 78 valence electrons. The Morgan fingerprint density at radius 3 is 2.79 bits per heavy atom. The molecule has 0 aliphatic rings. The van der Waals surface area contributed by atoms with Crippen molar-refractivity contribution >= 4 is 15.9 Å². The van der Waals surface area contributed by atoms with E-state index in [-0.39, 0.29) is 6.61 Å². The van der Waals surface area contributed by atoms with E-state index in [0.717, 1.165) is 4.47 Å². The van der Waals surface area contributed by atoms with E-state index in [1.807, 2.05) is 12.1 Å². The number of halogens is 1. The molecule has 0 aliphatic heterocycles. The zero-order valence-electron chi connectivity index (χ0n) is 8.16. The minimum absolute atomic E-state index is 0.283. The van der Waals surface area contributed by atoms with Crippen LogP contribution >= 0.6 is 15.9 Å². The molecule has 1 unspecified atom stereocenters. The Morgan fingerprint density at radius 2 is 2.21 bits per heavy atom. The summed E-state index contributed by atoms with van der Waals surface area (Å²) in [5.41, 5.74) is 0. The molecule has 0 amide bonds. The number of ether oxygens (including phenoxy) is 2. The molecule has 0 fully saturated rings. The molecule has 0 aromatic heterocycles. The molecular formula is C10H13BrO3. The Bertz CT molecular complexity index is 299. The molecule has 0 saturated carbocycles. The van der Waals surface area contributed by atoms with Gasteiger partial charge in [0.05, 0.1) is 17.7 Å². The second-order valence-electron chi connectivity index (χ2n) is 2.96. The number of methoxy groups -OCH3 is 1. The molecule has 0 aliphatic carbocycles. The average molecular weight is 261 g/mol. The van der Waals surface area contributed by atoms with Crippen LogP contribution in [0, 0.1) is 0 Å². The first-order valence-electron chi connectivity index (χ1n) is 4.28. The minimum Gasteiger partial charge on any atom is -0.495 e. The lowest BCUT2D eigenvalue weighted by atomic mass is 10.3. The lowest BCUT2D eigenvalue weighted by Crippen LogP contribution is -2.12. The van der Waals surface area contributed by atoms with Crippen LogP contribution in [-0.4, -0.2) is 24.9 Å². The molecule has 1 N–H and O–H groups in total. The third-order valence-electron chi connectivity index (χ3n) is 1.61. The van der Waals surface area contributed by atoms with Gasteiger partial charge in [0.2, 0.25) is 0 Å². The average Bonchev–Trinajstić information content (AvgIpc) is 2.16. The molecule has 1 rings (SSSR count). The first-order chi connectivity index (χ1) is 6.63. The van der Waals surface area contributed by atoms with E-state index in [2.05, 4.69) is 15.9 Å². The third-order valence-corrected chi connectivity index (χ3v) is 2.27. The molecular weight excluding hydrogens is 248 g/mol. The van der Waals surface area contributed by atoms with Crippen molar-refractivity contribution in [2.24, 2.45) is 0 Å². The van der Waals surface area contributed by atoms with Crippen LogP contribution in [0.5, 0.6) is 11.5 Å². The number of aliphatic hydroxyl groups excluding tert-OH is 1. The Balaban J connectivity index is 2.69. The van der Waals surface area contributed by atoms with Gasteiger partial charge in [-0.2, -0.15) is 0 Å². The maximum Gasteiger partial charge on any atom is 0.136 e. The quantitative estimate of drug-likeness (QED) is 0.903. The molecule has 4 heteroatoms. The Kier molecular flexibility index (Phi) is 4.22. The van der Waals surface area contributed by atoms with Gasteiger partial charge in [0, 0.05) is 6.07 Å². The van der Waals surface area contributed by atoms with Crippen LogP contribution in [0.4, 0.5) is 0 Å². The lowest BCUT2D eigenvalue weighted by molar-refractivity contribution is 0.122. The van der Waals surface area contributed by atoms with Crippen molar-refractivity contribution < 1.29 is 14.6 Å². The van der Waals surface area contributed by atoms with Gasteiger partial charge in [0.25, 0.3) is 0 Å². The molecule has 14 heavy (non-hydrogen) atoms. The SMILES string of the molecule is COc1cc(OCC(C)O)ccc1Br. The molecule has 0 radical (unpaired) electrons. The molecule has 0 saturated heterocycles. The number of hydrogen-bond donors (Lipinski definition) is 1. The van der Waals surface area contributed by atoms with E-state index in [4.69, 9.17) is 14.6 Å². The molecule has 3 nitrogen and oxygen atoms in total. The van der Waals surface area contributed by atoms with Crippen LogP contribution in [0.2, 0.25) is 0 Å². The van der Waals surface area contributed by atoms with Crippen molar-refractivity contribution in [1.82, 2.24) is 0 Å². The number of hydrogen-bond acceptors (Lipinski definition) is 3. The van der Waals surface area contributed by atoms with Gasteiger partial charge < -0.3 is 14.6 Å². The molecule has 0 bridgehead atoms. The van der Waals surface area contributed by atoms with Gasteiger partial charge in [-0.25, -0.2) is 0 Å². The van der Waals surface area contributed by atoms with Crippen LogP contribution in [0.15, 0.2) is 22.7 Å². The van der Waals surface area contributed by atoms with Crippen molar-refractivity contribution in [2.75, 3.05) is 13.7 Å². The van der Waals surface area contributed by atoms with Gasteiger partial charge in [-0.1, -0.05) is 0 Å². The Hall–Kier alpha value is -0.740. The van der Waals surface area contributed by atoms with Gasteiger partial charge >= 0.3 is 0 Å². The van der Waals surface area contributed by atoms with E-state index in [0.29, 0.717) is 11.5 Å². The Labute approximate surface area is 91.8 Å². The first kappa shape index (κ1) is 11.3. The maximum absolute atomic E-state index is 9.03. The van der Waals surface area contributed by atoms with E-state index < -0.39 is 6.10 Å². The lowest BCUT2D eigenvalue weighted by Gasteiger charge is -2.10. The zero-order valence-corrected chi connectivity index (χ0v) is 9.74. The summed E-state index contributed by atoms with van der Waals surface area (Å²) in [6.07, 6.45) is -0.468. The minimum atomic E-state index is -0.468. The topological polar surface area (TPSA) is 38.7 Å². The van der Waals surface area contributed by atoms with Gasteiger partial charge in [0.15, 0.2) is 0 Å². The third kappa shape index (κ3) is 3.20. The smallest absolute Gasteiger partial charge is 0.136 e. The van der Waals surface area contributed by atoms with E-state index in [9.17, 15) is 0 Å². The largest absolute Gasteiger partial charge is 0.495 e. The molecule has 1 atom stereocenters. The monoisotopic (exact) mass is 260 g/mol. The van der Waals surface area contributed by atoms with Crippen LogP contribution in [0.3, 0.4) is 0 Å². The summed E-state index contributed by atoms with van der Waals surface area (Å²) < 4.78 is 11.3. The molecule has 0 heterocycles. The van der Waals surface area contributed by atoms with Gasteiger partial charge in [-0.3, -0.25) is 0 Å². The number of benzene rings is 1. The number of aliphatic hydroxyl groups is 1. The Morgan fingerprint density at radius 1 is 1.50 bits per heavy atom. The van der Waals surface area contributed by atoms with E-state index >= 15 is 0 Å². The zero-order chi connectivity index (χ0) is 10.6. The maximum atomic E-state index is 9.03. The summed E-state index contributed by atoms with van der Waals surface area (Å²) >= 11 is 3.34. The highest BCUT2D eigenvalue weighted by atomic mass is 79.9. The summed E-state index contributed by atoms with van der Waals surface area (Å²) in [6.45, 7) is 1.96. The van der Waals surface area contributed by atoms with Crippen LogP contribution in [0.1, 0.15) is 6.92 Å². The normalized spacial score (nSPS) is 12.3. The highest BCUT2D eigenvalue weighted by molar-refractivity contribution is 9.10. The van der Waals surface area contributed by atoms with Crippen molar-refractivity contribution in [3.63, 3.8) is 0 Å². The van der Waals surface area contributed by atoms with Crippen molar-refractivity contribution in [3.8, 4) is 11.5 Å². The fraction of sp³-hybridized carbons (Fsp3) is 0.400. The molecule has 1 aromatic rings. The summed E-state index contributed by atoms with van der Waals surface area (Å²) in [7, 11) is 1.60. The van der Waals surface area contributed by atoms with Gasteiger partial charge in [-0.15, -0.1) is 0 Å². The van der Waals surface area contributed by atoms with Gasteiger partial charge in [0.1, 0.15) is 18.1 Å². The summed E-state index contributed by atoms with van der Waals surface area (Å²) in [5, 5.41) is 9.03. The van der Waals surface area contributed by atoms with Gasteiger partial charge in [-0.05, 0) is 35.0 Å². The standard InChI is InChI=1S/C10H13BrO3/c1-7(12)6-14-8-3-4-9(11)10(5-8)13-2/h3-5,7,12H,6H2,1-2H3. The van der Waals surface area contributed by atoms with Crippen molar-refractivity contribution in [3.05, 3.63) is 22.7 Å². The van der Waals surface area contributed by atoms with Crippen LogP contribution in [0.25, 0.3) is 0 Å². The molecule has 1 aromatic carbocycles. The van der Waals surface area contributed by atoms with E-state index in [1.165, 1.54) is 0 Å². The summed E-state index contributed by atoms with van der Waals surface area (Å²) in [4.78, 5) is 0. The number of rotatable bonds is 4. The van der Waals surface area contributed by atoms with Crippen molar-refractivity contribution in [1.29, 1.82) is 0 Å². The fourth-order valence-electron chi connectivity index (χ4n) is 0.947. The van der Waals surface area contributed by atoms with Crippen molar-refractivity contribution in [2.45, 2.75) is 13.0 Å². The fourth-order valence-corrected chi connectivity index (χ4v) is 1.36. The van der Waals surface area contributed by atoms with E-state index in [1.54, 1.807) is 20.1 Å². The predicted molar refractivity (Wildman–Crippen MR) is 57.9 cm³/mol. The second-order valence-corrected chi connectivity index (χ2v) is 3.81. The highest BCUT2D eigenvalue weighted by Crippen LogP contribution is 2.28. The van der Waals surface area contributed by atoms with Crippen LogP contribution < -0.4 is 9.47 Å². The highest BCUT2D eigenvalue weighted by Gasteiger charge is 2.03. The summed E-state index contributed by atoms with van der Waals surface area (Å²) in [6, 6.07) is 5.43.